The van der Waals surface area contributed by atoms with Crippen molar-refractivity contribution in [2.24, 2.45) is 11.8 Å². The number of carbonyl (C=O) groups is 1. The maximum atomic E-state index is 11.5. The van der Waals surface area contributed by atoms with Gasteiger partial charge in [-0.25, -0.2) is 4.79 Å². The second kappa shape index (κ2) is 4.97. The van der Waals surface area contributed by atoms with Crippen LogP contribution in [0.3, 0.4) is 0 Å². The lowest BCUT2D eigenvalue weighted by Crippen LogP contribution is -2.48. The smallest absolute Gasteiger partial charge is 0.335 e. The van der Waals surface area contributed by atoms with Crippen molar-refractivity contribution in [3.63, 3.8) is 0 Å². The van der Waals surface area contributed by atoms with Crippen LogP contribution in [0.2, 0.25) is 0 Å². The molecule has 0 heterocycles. The van der Waals surface area contributed by atoms with Gasteiger partial charge >= 0.3 is 5.97 Å². The molecule has 2 aliphatic carbocycles. The van der Waals surface area contributed by atoms with Gasteiger partial charge < -0.3 is 9.84 Å². The Morgan fingerprint density at radius 3 is 2.18 bits per heavy atom. The Labute approximate surface area is 104 Å². The summed E-state index contributed by atoms with van der Waals surface area (Å²) < 4.78 is 5.90. The summed E-state index contributed by atoms with van der Waals surface area (Å²) in [5.74, 6) is 0.588. The Hall–Kier alpha value is -0.570. The maximum absolute atomic E-state index is 11.5. The number of hydrogen-bond donors (Lipinski definition) is 1. The quantitative estimate of drug-likeness (QED) is 0.820. The van der Waals surface area contributed by atoms with E-state index in [0.29, 0.717) is 24.7 Å². The first kappa shape index (κ1) is 12.9. The highest BCUT2D eigenvalue weighted by Gasteiger charge is 2.45. The third kappa shape index (κ3) is 2.65. The largest absolute Gasteiger partial charge is 0.479 e. The number of ether oxygens (including phenoxy) is 1. The molecule has 0 bridgehead atoms. The summed E-state index contributed by atoms with van der Waals surface area (Å²) in [7, 11) is 0. The lowest BCUT2D eigenvalue weighted by Gasteiger charge is -2.42. The van der Waals surface area contributed by atoms with Crippen LogP contribution in [0.25, 0.3) is 0 Å². The highest BCUT2D eigenvalue weighted by atomic mass is 16.5. The van der Waals surface area contributed by atoms with E-state index in [9.17, 15) is 9.90 Å². The molecule has 0 radical (unpaired) electrons. The highest BCUT2D eigenvalue weighted by Crippen LogP contribution is 2.41. The molecule has 0 aromatic carbocycles. The van der Waals surface area contributed by atoms with E-state index < -0.39 is 11.6 Å². The van der Waals surface area contributed by atoms with Crippen molar-refractivity contribution >= 4 is 5.97 Å². The molecule has 3 heteroatoms. The molecule has 0 aromatic rings. The van der Waals surface area contributed by atoms with E-state index in [-0.39, 0.29) is 6.10 Å². The van der Waals surface area contributed by atoms with E-state index in [0.717, 1.165) is 25.7 Å². The fourth-order valence-corrected chi connectivity index (χ4v) is 2.96. The third-order valence-corrected chi connectivity index (χ3v) is 4.61. The van der Waals surface area contributed by atoms with Crippen LogP contribution in [-0.4, -0.2) is 22.8 Å². The van der Waals surface area contributed by atoms with Gasteiger partial charge in [0.15, 0.2) is 5.60 Å². The average molecular weight is 240 g/mol. The monoisotopic (exact) mass is 240 g/mol. The van der Waals surface area contributed by atoms with Crippen LogP contribution < -0.4 is 0 Å². The molecule has 0 saturated heterocycles. The van der Waals surface area contributed by atoms with Gasteiger partial charge in [-0.2, -0.15) is 0 Å². The first-order chi connectivity index (χ1) is 8.03. The van der Waals surface area contributed by atoms with Crippen LogP contribution in [0.4, 0.5) is 0 Å². The van der Waals surface area contributed by atoms with Crippen molar-refractivity contribution in [3.8, 4) is 0 Å². The Kier molecular flexibility index (Phi) is 3.76. The molecule has 2 aliphatic rings. The molecule has 98 valence electrons. The maximum Gasteiger partial charge on any atom is 0.335 e. The van der Waals surface area contributed by atoms with Gasteiger partial charge in [-0.05, 0) is 56.8 Å². The van der Waals surface area contributed by atoms with Gasteiger partial charge in [-0.1, -0.05) is 13.8 Å². The molecule has 0 atom stereocenters. The molecule has 0 aromatic heterocycles. The van der Waals surface area contributed by atoms with Crippen molar-refractivity contribution in [1.82, 2.24) is 0 Å². The Bertz CT molecular complexity index is 273. The molecule has 0 spiro atoms. The molecule has 0 aliphatic heterocycles. The molecule has 0 amide bonds. The summed E-state index contributed by atoms with van der Waals surface area (Å²) in [6, 6.07) is 0. The van der Waals surface area contributed by atoms with E-state index in [1.165, 1.54) is 6.42 Å². The third-order valence-electron chi connectivity index (χ3n) is 4.61. The summed E-state index contributed by atoms with van der Waals surface area (Å²) in [5, 5.41) is 9.46. The minimum absolute atomic E-state index is 0.210. The summed E-state index contributed by atoms with van der Waals surface area (Å²) >= 11 is 0. The van der Waals surface area contributed by atoms with E-state index in [1.807, 2.05) is 0 Å². The van der Waals surface area contributed by atoms with Gasteiger partial charge in [-0.3, -0.25) is 0 Å². The molecule has 2 saturated carbocycles. The lowest BCUT2D eigenvalue weighted by molar-refractivity contribution is -0.189. The normalized spacial score (nSPS) is 34.6. The average Bonchev–Trinajstić information content (AvgIpc) is 2.24. The van der Waals surface area contributed by atoms with Crippen LogP contribution in [0, 0.1) is 11.8 Å². The second-order valence-corrected chi connectivity index (χ2v) is 6.05. The van der Waals surface area contributed by atoms with E-state index in [1.54, 1.807) is 0 Å². The molecule has 2 rings (SSSR count). The summed E-state index contributed by atoms with van der Waals surface area (Å²) in [6.45, 7) is 4.45. The fraction of sp³-hybridized carbons (Fsp3) is 0.929. The predicted octanol–water partition coefficient (Wildman–Crippen LogP) is 3.23. The van der Waals surface area contributed by atoms with Gasteiger partial charge in [0.1, 0.15) is 0 Å². The van der Waals surface area contributed by atoms with Crippen molar-refractivity contribution in [3.05, 3.63) is 0 Å². The number of aliphatic carboxylic acids is 1. The topological polar surface area (TPSA) is 46.5 Å². The molecule has 3 nitrogen and oxygen atoms in total. The van der Waals surface area contributed by atoms with Gasteiger partial charge in [0, 0.05) is 0 Å². The summed E-state index contributed by atoms with van der Waals surface area (Å²) in [6.07, 6.45) is 6.87. The predicted molar refractivity (Wildman–Crippen MR) is 65.9 cm³/mol. The second-order valence-electron chi connectivity index (χ2n) is 6.05. The van der Waals surface area contributed by atoms with E-state index >= 15 is 0 Å². The zero-order valence-electron chi connectivity index (χ0n) is 10.9. The Morgan fingerprint density at radius 2 is 1.82 bits per heavy atom. The molecule has 2 fully saturated rings. The number of rotatable bonds is 4. The minimum Gasteiger partial charge on any atom is -0.479 e. The zero-order chi connectivity index (χ0) is 12.5. The zero-order valence-corrected chi connectivity index (χ0v) is 10.9. The molecule has 1 N–H and O–H groups in total. The van der Waals surface area contributed by atoms with Crippen molar-refractivity contribution < 1.29 is 14.6 Å². The van der Waals surface area contributed by atoms with Gasteiger partial charge in [0.2, 0.25) is 0 Å². The first-order valence-corrected chi connectivity index (χ1v) is 6.95. The fourth-order valence-electron chi connectivity index (χ4n) is 2.96. The Balaban J connectivity index is 1.96. The van der Waals surface area contributed by atoms with E-state index in [4.69, 9.17) is 4.74 Å². The summed E-state index contributed by atoms with van der Waals surface area (Å²) in [4.78, 5) is 11.5. The summed E-state index contributed by atoms with van der Waals surface area (Å²) in [5.41, 5.74) is -0.865. The van der Waals surface area contributed by atoms with Gasteiger partial charge in [0.25, 0.3) is 0 Å². The SMILES string of the molecule is CC(C)C1CCC(OC2CCC2)(C(=O)O)CC1. The van der Waals surface area contributed by atoms with Crippen molar-refractivity contribution in [2.75, 3.05) is 0 Å². The number of carboxylic acids is 1. The lowest BCUT2D eigenvalue weighted by atomic mass is 9.74. The minimum atomic E-state index is -0.865. The molecule has 17 heavy (non-hydrogen) atoms. The molecule has 0 unspecified atom stereocenters. The van der Waals surface area contributed by atoms with Crippen molar-refractivity contribution in [2.45, 2.75) is 70.5 Å². The molecular weight excluding hydrogens is 216 g/mol. The van der Waals surface area contributed by atoms with Crippen LogP contribution in [0.15, 0.2) is 0 Å². The molecular formula is C14H24O3. The van der Waals surface area contributed by atoms with Crippen LogP contribution in [-0.2, 0) is 9.53 Å². The van der Waals surface area contributed by atoms with E-state index in [2.05, 4.69) is 13.8 Å². The van der Waals surface area contributed by atoms with Crippen LogP contribution in [0.5, 0.6) is 0 Å². The standard InChI is InChI=1S/C14H24O3/c1-10(2)11-6-8-14(9-7-11,13(15)16)17-12-4-3-5-12/h10-12H,3-9H2,1-2H3,(H,15,16). The van der Waals surface area contributed by atoms with Crippen LogP contribution >= 0.6 is 0 Å². The first-order valence-electron chi connectivity index (χ1n) is 6.95. The number of carboxylic acid groups (broad SMARTS) is 1. The van der Waals surface area contributed by atoms with Gasteiger partial charge in [0.05, 0.1) is 6.10 Å². The Morgan fingerprint density at radius 1 is 1.24 bits per heavy atom. The highest BCUT2D eigenvalue weighted by molar-refractivity contribution is 5.77. The van der Waals surface area contributed by atoms with Crippen LogP contribution in [0.1, 0.15) is 58.8 Å². The number of hydrogen-bond acceptors (Lipinski definition) is 2. The van der Waals surface area contributed by atoms with Gasteiger partial charge in [-0.15, -0.1) is 0 Å². The van der Waals surface area contributed by atoms with Crippen molar-refractivity contribution in [1.29, 1.82) is 0 Å².